The fourth-order valence-corrected chi connectivity index (χ4v) is 2.56. The Hall–Kier alpha value is -3.75. The average molecular weight is 367 g/mol. The number of nitrogens with zero attached hydrogens (tertiary/aromatic N) is 5. The molecule has 0 saturated carbocycles. The van der Waals surface area contributed by atoms with Crippen LogP contribution in [0.15, 0.2) is 55.2 Å². The number of ketones is 1. The van der Waals surface area contributed by atoms with Gasteiger partial charge in [0, 0.05) is 6.07 Å². The molecule has 0 aromatic carbocycles. The lowest BCUT2D eigenvalue weighted by Crippen LogP contribution is -2.08. The lowest BCUT2D eigenvalue weighted by Gasteiger charge is -2.09. The summed E-state index contributed by atoms with van der Waals surface area (Å²) in [4.78, 5) is 20.1. The molecule has 0 aliphatic heterocycles. The van der Waals surface area contributed by atoms with Crippen molar-refractivity contribution in [1.29, 1.82) is 0 Å². The van der Waals surface area contributed by atoms with Gasteiger partial charge in [-0.1, -0.05) is 6.07 Å². The van der Waals surface area contributed by atoms with E-state index in [1.165, 1.54) is 41.2 Å². The quantitative estimate of drug-likeness (QED) is 0.398. The van der Waals surface area contributed by atoms with Gasteiger partial charge in [-0.2, -0.15) is 4.39 Å². The molecule has 4 heterocycles. The zero-order valence-electron chi connectivity index (χ0n) is 13.7. The molecule has 0 amide bonds. The van der Waals surface area contributed by atoms with Gasteiger partial charge in [0.05, 0.1) is 36.3 Å². The van der Waals surface area contributed by atoms with E-state index >= 15 is 0 Å². The van der Waals surface area contributed by atoms with E-state index in [0.717, 1.165) is 6.20 Å². The Labute approximate surface area is 151 Å². The number of hydrogen-bond donors (Lipinski definition) is 0. The van der Waals surface area contributed by atoms with Gasteiger partial charge in [-0.15, -0.1) is 10.2 Å². The molecule has 0 aliphatic rings. The molecule has 0 radical (unpaired) electrons. The highest BCUT2D eigenvalue weighted by Crippen LogP contribution is 2.24. The zero-order chi connectivity index (χ0) is 18.8. The van der Waals surface area contributed by atoms with Crippen molar-refractivity contribution >= 4 is 11.4 Å². The van der Waals surface area contributed by atoms with Gasteiger partial charge in [-0.25, -0.2) is 9.37 Å². The molecule has 0 spiro atoms. The number of pyridine rings is 3. The van der Waals surface area contributed by atoms with Gasteiger partial charge in [0.25, 0.3) is 0 Å². The van der Waals surface area contributed by atoms with Gasteiger partial charge in [0.15, 0.2) is 11.4 Å². The molecular weight excluding hydrogens is 356 g/mol. The maximum Gasteiger partial charge on any atom is 0.213 e. The van der Waals surface area contributed by atoms with Crippen molar-refractivity contribution in [3.63, 3.8) is 0 Å². The minimum atomic E-state index is -0.663. The number of rotatable bonds is 5. The summed E-state index contributed by atoms with van der Waals surface area (Å²) >= 11 is 0. The highest BCUT2D eigenvalue weighted by molar-refractivity contribution is 6.02. The monoisotopic (exact) mass is 367 g/mol. The summed E-state index contributed by atoms with van der Waals surface area (Å²) in [7, 11) is 0. The molecule has 0 saturated heterocycles. The average Bonchev–Trinajstić information content (AvgIpc) is 3.09. The molecular formula is C18H11F2N5O2. The van der Waals surface area contributed by atoms with Gasteiger partial charge in [-0.3, -0.25) is 14.2 Å². The smallest absolute Gasteiger partial charge is 0.213 e. The van der Waals surface area contributed by atoms with Crippen LogP contribution in [0.4, 0.5) is 8.78 Å². The SMILES string of the molecule is O=C(Cc1cccc(F)n1)c1cc(Oc2cncc(F)c2)cn2cnnc12. The van der Waals surface area contributed by atoms with Gasteiger partial charge >= 0.3 is 0 Å². The number of carbonyl (C=O) groups excluding carboxylic acids is 1. The van der Waals surface area contributed by atoms with Gasteiger partial charge in [-0.05, 0) is 18.2 Å². The summed E-state index contributed by atoms with van der Waals surface area (Å²) in [6, 6.07) is 6.87. The molecule has 0 bridgehead atoms. The van der Waals surface area contributed by atoms with E-state index in [2.05, 4.69) is 20.2 Å². The molecule has 0 unspecified atom stereocenters. The maximum absolute atomic E-state index is 13.3. The van der Waals surface area contributed by atoms with Gasteiger partial charge in [0.1, 0.15) is 23.6 Å². The second-order valence-corrected chi connectivity index (χ2v) is 5.64. The zero-order valence-corrected chi connectivity index (χ0v) is 13.7. The first-order valence-electron chi connectivity index (χ1n) is 7.85. The Morgan fingerprint density at radius 2 is 2.04 bits per heavy atom. The molecule has 0 N–H and O–H groups in total. The van der Waals surface area contributed by atoms with E-state index in [4.69, 9.17) is 4.74 Å². The van der Waals surface area contributed by atoms with Crippen molar-refractivity contribution < 1.29 is 18.3 Å². The van der Waals surface area contributed by atoms with Crippen LogP contribution < -0.4 is 4.74 Å². The topological polar surface area (TPSA) is 82.3 Å². The van der Waals surface area contributed by atoms with Crippen LogP contribution in [0.5, 0.6) is 11.5 Å². The summed E-state index contributed by atoms with van der Waals surface area (Å²) in [6.07, 6.45) is 5.24. The molecule has 0 atom stereocenters. The van der Waals surface area contributed by atoms with E-state index in [1.54, 1.807) is 12.3 Å². The van der Waals surface area contributed by atoms with Crippen molar-refractivity contribution in [2.75, 3.05) is 0 Å². The van der Waals surface area contributed by atoms with Crippen LogP contribution in [0.2, 0.25) is 0 Å². The molecule has 27 heavy (non-hydrogen) atoms. The van der Waals surface area contributed by atoms with E-state index in [9.17, 15) is 13.6 Å². The summed E-state index contributed by atoms with van der Waals surface area (Å²) < 4.78 is 33.7. The second-order valence-electron chi connectivity index (χ2n) is 5.64. The number of aromatic nitrogens is 5. The van der Waals surface area contributed by atoms with E-state index in [0.29, 0.717) is 11.3 Å². The Bertz CT molecular complexity index is 1150. The standard InChI is InChI=1S/C18H11F2N5O2/c19-11-4-13(8-21-7-11)27-14-6-15(18-24-22-10-25(18)9-14)16(26)5-12-2-1-3-17(20)23-12/h1-4,6-10H,5H2. The summed E-state index contributed by atoms with van der Waals surface area (Å²) in [5.74, 6) is -1.11. The van der Waals surface area contributed by atoms with Crippen molar-refractivity contribution in [1.82, 2.24) is 24.6 Å². The normalized spacial score (nSPS) is 10.9. The lowest BCUT2D eigenvalue weighted by molar-refractivity contribution is 0.0992. The van der Waals surface area contributed by atoms with Crippen LogP contribution in [-0.4, -0.2) is 30.3 Å². The van der Waals surface area contributed by atoms with Crippen molar-refractivity contribution in [3.8, 4) is 11.5 Å². The van der Waals surface area contributed by atoms with E-state index < -0.39 is 11.8 Å². The fourth-order valence-electron chi connectivity index (χ4n) is 2.56. The number of halogens is 2. The third-order valence-corrected chi connectivity index (χ3v) is 3.70. The van der Waals surface area contributed by atoms with Crippen LogP contribution in [0.1, 0.15) is 16.1 Å². The number of fused-ring (bicyclic) bond motifs is 1. The first kappa shape index (κ1) is 16.7. The van der Waals surface area contributed by atoms with Crippen molar-refractivity contribution in [3.05, 3.63) is 78.3 Å². The Morgan fingerprint density at radius 3 is 2.85 bits per heavy atom. The lowest BCUT2D eigenvalue weighted by atomic mass is 10.1. The summed E-state index contributed by atoms with van der Waals surface area (Å²) in [6.45, 7) is 0. The predicted octanol–water partition coefficient (Wildman–Crippen LogP) is 3.02. The number of carbonyl (C=O) groups is 1. The Balaban J connectivity index is 1.69. The summed E-state index contributed by atoms with van der Waals surface area (Å²) in [5.41, 5.74) is 0.833. The summed E-state index contributed by atoms with van der Waals surface area (Å²) in [5, 5.41) is 7.72. The molecule has 7 nitrogen and oxygen atoms in total. The maximum atomic E-state index is 13.3. The van der Waals surface area contributed by atoms with Gasteiger partial charge < -0.3 is 4.74 Å². The van der Waals surface area contributed by atoms with Crippen LogP contribution >= 0.6 is 0 Å². The van der Waals surface area contributed by atoms with Crippen LogP contribution in [0.25, 0.3) is 5.65 Å². The van der Waals surface area contributed by atoms with Crippen LogP contribution in [-0.2, 0) is 6.42 Å². The van der Waals surface area contributed by atoms with Crippen LogP contribution in [0, 0.1) is 11.8 Å². The van der Waals surface area contributed by atoms with E-state index in [-0.39, 0.29) is 29.3 Å². The number of Topliss-reactive ketones (excluding diaryl/α,β-unsaturated/α-hetero) is 1. The van der Waals surface area contributed by atoms with E-state index in [1.807, 2.05) is 0 Å². The molecule has 134 valence electrons. The highest BCUT2D eigenvalue weighted by Gasteiger charge is 2.17. The second kappa shape index (κ2) is 6.87. The Morgan fingerprint density at radius 1 is 1.15 bits per heavy atom. The number of hydrogen-bond acceptors (Lipinski definition) is 6. The number of ether oxygens (including phenoxy) is 1. The minimum Gasteiger partial charge on any atom is -0.454 e. The predicted molar refractivity (Wildman–Crippen MR) is 89.5 cm³/mol. The molecule has 4 aromatic heterocycles. The highest BCUT2D eigenvalue weighted by atomic mass is 19.1. The largest absolute Gasteiger partial charge is 0.454 e. The molecule has 4 rings (SSSR count). The Kier molecular flexibility index (Phi) is 4.25. The van der Waals surface area contributed by atoms with Crippen LogP contribution in [0.3, 0.4) is 0 Å². The third-order valence-electron chi connectivity index (χ3n) is 3.70. The van der Waals surface area contributed by atoms with Gasteiger partial charge in [0.2, 0.25) is 5.95 Å². The minimum absolute atomic E-state index is 0.120. The fraction of sp³-hybridized carbons (Fsp3) is 0.0556. The van der Waals surface area contributed by atoms with Crippen molar-refractivity contribution in [2.45, 2.75) is 6.42 Å². The third kappa shape index (κ3) is 3.61. The molecule has 0 fully saturated rings. The molecule has 9 heteroatoms. The first-order chi connectivity index (χ1) is 13.1. The molecule has 0 aliphatic carbocycles. The van der Waals surface area contributed by atoms with Crippen molar-refractivity contribution in [2.24, 2.45) is 0 Å². The first-order valence-corrected chi connectivity index (χ1v) is 7.85. The molecule has 4 aromatic rings.